The Balaban J connectivity index is 1.62. The van der Waals surface area contributed by atoms with Crippen molar-refractivity contribution in [2.24, 2.45) is 0 Å². The lowest BCUT2D eigenvalue weighted by Gasteiger charge is -2.34. The van der Waals surface area contributed by atoms with Crippen LogP contribution in [-0.4, -0.2) is 41.9 Å². The van der Waals surface area contributed by atoms with E-state index in [4.69, 9.17) is 16.0 Å². The molecule has 128 valence electrons. The van der Waals surface area contributed by atoms with Gasteiger partial charge in [-0.05, 0) is 32.0 Å². The quantitative estimate of drug-likeness (QED) is 0.848. The number of hydrogen-bond acceptors (Lipinski definition) is 3. The molecule has 3 rings (SSSR count). The third-order valence-corrected chi connectivity index (χ3v) is 4.73. The predicted octanol–water partition coefficient (Wildman–Crippen LogP) is 3.65. The topological polar surface area (TPSA) is 36.7 Å². The van der Waals surface area contributed by atoms with Crippen molar-refractivity contribution in [1.29, 1.82) is 0 Å². The van der Waals surface area contributed by atoms with Gasteiger partial charge in [-0.3, -0.25) is 9.69 Å². The van der Waals surface area contributed by atoms with Gasteiger partial charge in [0.15, 0.2) is 0 Å². The number of furan rings is 1. The average Bonchev–Trinajstić information content (AvgIpc) is 2.89. The minimum Gasteiger partial charge on any atom is -0.466 e. The second-order valence-electron chi connectivity index (χ2n) is 6.10. The van der Waals surface area contributed by atoms with Gasteiger partial charge in [-0.1, -0.05) is 17.7 Å². The Kier molecular flexibility index (Phi) is 4.92. The highest BCUT2D eigenvalue weighted by molar-refractivity contribution is 6.31. The second kappa shape index (κ2) is 6.95. The summed E-state index contributed by atoms with van der Waals surface area (Å²) in [6, 6.07) is 6.50. The molecule has 1 fully saturated rings. The molecular formula is C18H20ClFN2O2. The highest BCUT2D eigenvalue weighted by Gasteiger charge is 2.25. The zero-order valence-electron chi connectivity index (χ0n) is 13.8. The van der Waals surface area contributed by atoms with Crippen LogP contribution in [0, 0.1) is 19.7 Å². The monoisotopic (exact) mass is 350 g/mol. The van der Waals surface area contributed by atoms with Gasteiger partial charge in [-0.2, -0.15) is 0 Å². The molecule has 4 nitrogen and oxygen atoms in total. The van der Waals surface area contributed by atoms with E-state index in [1.165, 1.54) is 6.07 Å². The summed E-state index contributed by atoms with van der Waals surface area (Å²) in [5.41, 5.74) is 1.14. The third-order valence-electron chi connectivity index (χ3n) is 4.37. The van der Waals surface area contributed by atoms with Crippen LogP contribution < -0.4 is 0 Å². The summed E-state index contributed by atoms with van der Waals surface area (Å²) in [6.07, 6.45) is 0. The molecule has 0 bridgehead atoms. The maximum Gasteiger partial charge on any atom is 0.257 e. The predicted molar refractivity (Wildman–Crippen MR) is 90.8 cm³/mol. The molecule has 1 aliphatic rings. The number of carbonyl (C=O) groups excluding carboxylic acids is 1. The molecular weight excluding hydrogens is 331 g/mol. The molecule has 0 radical (unpaired) electrons. The van der Waals surface area contributed by atoms with Crippen molar-refractivity contribution in [1.82, 2.24) is 9.80 Å². The molecule has 1 saturated heterocycles. The zero-order valence-corrected chi connectivity index (χ0v) is 14.6. The van der Waals surface area contributed by atoms with E-state index in [0.29, 0.717) is 54.6 Å². The van der Waals surface area contributed by atoms with Gasteiger partial charge < -0.3 is 9.32 Å². The van der Waals surface area contributed by atoms with E-state index in [2.05, 4.69) is 4.90 Å². The summed E-state index contributed by atoms with van der Waals surface area (Å²) in [5, 5.41) is 0.443. The molecule has 0 atom stereocenters. The van der Waals surface area contributed by atoms with Crippen LogP contribution in [0.3, 0.4) is 0 Å². The molecule has 0 unspecified atom stereocenters. The number of halogens is 2. The Morgan fingerprint density at radius 2 is 1.96 bits per heavy atom. The van der Waals surface area contributed by atoms with Crippen LogP contribution >= 0.6 is 11.6 Å². The summed E-state index contributed by atoms with van der Waals surface area (Å²) < 4.78 is 19.3. The van der Waals surface area contributed by atoms with Crippen LogP contribution in [0.5, 0.6) is 0 Å². The van der Waals surface area contributed by atoms with Gasteiger partial charge in [0.1, 0.15) is 17.3 Å². The Labute approximate surface area is 145 Å². The fourth-order valence-electron chi connectivity index (χ4n) is 3.03. The number of carbonyl (C=O) groups is 1. The molecule has 1 aromatic heterocycles. The normalized spacial score (nSPS) is 15.8. The smallest absolute Gasteiger partial charge is 0.257 e. The summed E-state index contributed by atoms with van der Waals surface area (Å²) in [6.45, 7) is 6.68. The van der Waals surface area contributed by atoms with Gasteiger partial charge >= 0.3 is 0 Å². The van der Waals surface area contributed by atoms with Crippen LogP contribution in [0.25, 0.3) is 0 Å². The Bertz CT molecular complexity index is 731. The zero-order chi connectivity index (χ0) is 17.3. The first kappa shape index (κ1) is 17.0. The third kappa shape index (κ3) is 3.47. The maximum atomic E-state index is 13.9. The Morgan fingerprint density at radius 1 is 1.25 bits per heavy atom. The fourth-order valence-corrected chi connectivity index (χ4v) is 3.25. The van der Waals surface area contributed by atoms with Crippen molar-refractivity contribution < 1.29 is 13.6 Å². The van der Waals surface area contributed by atoms with E-state index in [-0.39, 0.29) is 11.7 Å². The molecule has 1 aromatic carbocycles. The van der Waals surface area contributed by atoms with Crippen molar-refractivity contribution in [2.45, 2.75) is 20.4 Å². The van der Waals surface area contributed by atoms with Crippen molar-refractivity contribution in [3.8, 4) is 0 Å². The van der Waals surface area contributed by atoms with E-state index >= 15 is 0 Å². The van der Waals surface area contributed by atoms with Crippen molar-refractivity contribution in [2.75, 3.05) is 26.2 Å². The molecule has 24 heavy (non-hydrogen) atoms. The Hall–Kier alpha value is -1.85. The number of nitrogens with zero attached hydrogens (tertiary/aromatic N) is 2. The molecule has 6 heteroatoms. The lowest BCUT2D eigenvalue weighted by atomic mass is 10.1. The fraction of sp³-hybridized carbons (Fsp3) is 0.389. The van der Waals surface area contributed by atoms with Gasteiger partial charge in [-0.15, -0.1) is 0 Å². The number of aryl methyl sites for hydroxylation is 2. The first-order chi connectivity index (χ1) is 11.5. The van der Waals surface area contributed by atoms with Gasteiger partial charge in [0, 0.05) is 43.3 Å². The number of amides is 1. The Morgan fingerprint density at radius 3 is 2.54 bits per heavy atom. The van der Waals surface area contributed by atoms with Gasteiger partial charge in [0.2, 0.25) is 0 Å². The van der Waals surface area contributed by atoms with E-state index in [1.807, 2.05) is 11.8 Å². The lowest BCUT2D eigenvalue weighted by Crippen LogP contribution is -2.48. The molecule has 0 spiro atoms. The maximum absolute atomic E-state index is 13.9. The van der Waals surface area contributed by atoms with Crippen molar-refractivity contribution in [3.63, 3.8) is 0 Å². The van der Waals surface area contributed by atoms with E-state index in [9.17, 15) is 9.18 Å². The average molecular weight is 351 g/mol. The standard InChI is InChI=1S/C18H20ClFN2O2/c1-12-10-14(13(2)24-12)18(23)22-8-6-21(7-9-22)11-15-16(19)4-3-5-17(15)20/h3-5,10H,6-9,11H2,1-2H3. The van der Waals surface area contributed by atoms with E-state index < -0.39 is 0 Å². The minimum atomic E-state index is -0.287. The number of hydrogen-bond donors (Lipinski definition) is 0. The van der Waals surface area contributed by atoms with Crippen LogP contribution in [0.1, 0.15) is 27.4 Å². The first-order valence-corrected chi connectivity index (χ1v) is 8.35. The first-order valence-electron chi connectivity index (χ1n) is 7.97. The van der Waals surface area contributed by atoms with Gasteiger partial charge in [-0.25, -0.2) is 4.39 Å². The van der Waals surface area contributed by atoms with Crippen molar-refractivity contribution >= 4 is 17.5 Å². The van der Waals surface area contributed by atoms with E-state index in [1.54, 1.807) is 25.1 Å². The molecule has 0 saturated carbocycles. The summed E-state index contributed by atoms with van der Waals surface area (Å²) in [7, 11) is 0. The SMILES string of the molecule is Cc1cc(C(=O)N2CCN(Cc3c(F)cccc3Cl)CC2)c(C)o1. The molecule has 1 amide bonds. The summed E-state index contributed by atoms with van der Waals surface area (Å²) >= 11 is 6.09. The molecule has 2 aromatic rings. The largest absolute Gasteiger partial charge is 0.466 e. The van der Waals surface area contributed by atoms with Gasteiger partial charge in [0.25, 0.3) is 5.91 Å². The summed E-state index contributed by atoms with van der Waals surface area (Å²) in [4.78, 5) is 16.5. The highest BCUT2D eigenvalue weighted by atomic mass is 35.5. The van der Waals surface area contributed by atoms with Crippen LogP contribution in [0.15, 0.2) is 28.7 Å². The minimum absolute atomic E-state index is 0.00655. The number of rotatable bonds is 3. The molecule has 1 aliphatic heterocycles. The van der Waals surface area contributed by atoms with E-state index in [0.717, 1.165) is 5.76 Å². The number of piperazine rings is 1. The lowest BCUT2D eigenvalue weighted by molar-refractivity contribution is 0.0625. The summed E-state index contributed by atoms with van der Waals surface area (Å²) in [5.74, 6) is 1.10. The van der Waals surface area contributed by atoms with Crippen LogP contribution in [-0.2, 0) is 6.54 Å². The number of benzene rings is 1. The molecule has 0 aliphatic carbocycles. The molecule has 0 N–H and O–H groups in total. The second-order valence-corrected chi connectivity index (χ2v) is 6.50. The van der Waals surface area contributed by atoms with Crippen LogP contribution in [0.4, 0.5) is 4.39 Å². The molecule has 2 heterocycles. The van der Waals surface area contributed by atoms with Gasteiger partial charge in [0.05, 0.1) is 5.56 Å². The van der Waals surface area contributed by atoms with Crippen LogP contribution in [0.2, 0.25) is 5.02 Å². The van der Waals surface area contributed by atoms with Crippen molar-refractivity contribution in [3.05, 3.63) is 57.8 Å². The highest BCUT2D eigenvalue weighted by Crippen LogP contribution is 2.22.